The molecule has 0 saturated carbocycles. The third-order valence-electron chi connectivity index (χ3n) is 5.90. The Morgan fingerprint density at radius 3 is 1.50 bits per heavy atom. The average molecular weight is 649 g/mol. The molecule has 5 aromatic carbocycles. The second-order valence-electron chi connectivity index (χ2n) is 8.20. The standard InChI is InChI=1S/C30H21Br3Si/c31-28-19-26(22-9-3-1-4-10-22)18-27(20-28)24-12-7-11-23(17-24)25-13-8-16-30(21-25)34(32,33)29-14-5-2-6-15-29/h1-21H. The lowest BCUT2D eigenvalue weighted by Gasteiger charge is -2.20. The first-order chi connectivity index (χ1) is 16.5. The zero-order valence-electron chi connectivity index (χ0n) is 18.3. The molecule has 4 heteroatoms. The molecule has 0 N–H and O–H groups in total. The van der Waals surface area contributed by atoms with Gasteiger partial charge in [-0.1, -0.05) is 150 Å². The van der Waals surface area contributed by atoms with Crippen LogP contribution in [0.1, 0.15) is 0 Å². The lowest BCUT2D eigenvalue weighted by atomic mass is 9.96. The first-order valence-corrected chi connectivity index (χ1v) is 18.3. The van der Waals surface area contributed by atoms with Gasteiger partial charge in [-0.25, -0.2) is 0 Å². The molecular weight excluding hydrogens is 628 g/mol. The van der Waals surface area contributed by atoms with Crippen LogP contribution >= 0.6 is 46.5 Å². The van der Waals surface area contributed by atoms with Crippen LogP contribution in [-0.4, -0.2) is 5.31 Å². The largest absolute Gasteiger partial charge is 0.259 e. The van der Waals surface area contributed by atoms with Crippen molar-refractivity contribution in [1.29, 1.82) is 0 Å². The molecular formula is C30H21Br3Si. The van der Waals surface area contributed by atoms with Crippen molar-refractivity contribution < 1.29 is 0 Å². The van der Waals surface area contributed by atoms with Gasteiger partial charge < -0.3 is 0 Å². The molecule has 0 heterocycles. The van der Waals surface area contributed by atoms with Crippen molar-refractivity contribution in [3.05, 3.63) is 132 Å². The van der Waals surface area contributed by atoms with Gasteiger partial charge in [-0.3, -0.25) is 0 Å². The van der Waals surface area contributed by atoms with Gasteiger partial charge in [0, 0.05) is 4.47 Å². The zero-order valence-corrected chi connectivity index (χ0v) is 24.0. The van der Waals surface area contributed by atoms with Crippen LogP contribution in [0.5, 0.6) is 0 Å². The maximum Gasteiger partial charge on any atom is 0.259 e. The van der Waals surface area contributed by atoms with Crippen molar-refractivity contribution in [3.8, 4) is 33.4 Å². The summed E-state index contributed by atoms with van der Waals surface area (Å²) in [6.45, 7) is 0. The molecule has 0 aliphatic rings. The van der Waals surface area contributed by atoms with E-state index in [2.05, 4.69) is 174 Å². The molecule has 0 amide bonds. The van der Waals surface area contributed by atoms with Crippen molar-refractivity contribution in [3.63, 3.8) is 0 Å². The van der Waals surface area contributed by atoms with E-state index in [-0.39, 0.29) is 0 Å². The highest BCUT2D eigenvalue weighted by atomic mass is 79.9. The van der Waals surface area contributed by atoms with Crippen LogP contribution in [0.4, 0.5) is 0 Å². The molecule has 0 aliphatic heterocycles. The first kappa shape index (κ1) is 23.5. The fourth-order valence-electron chi connectivity index (χ4n) is 4.14. The molecule has 0 unspecified atom stereocenters. The van der Waals surface area contributed by atoms with Gasteiger partial charge in [0.2, 0.25) is 0 Å². The molecule has 0 bridgehead atoms. The smallest absolute Gasteiger partial charge is 0.0987 e. The van der Waals surface area contributed by atoms with E-state index in [1.165, 1.54) is 43.8 Å². The molecule has 0 aliphatic carbocycles. The predicted octanol–water partition coefficient (Wildman–Crippen LogP) is 8.80. The summed E-state index contributed by atoms with van der Waals surface area (Å²) in [5.41, 5.74) is 7.23. The number of benzene rings is 5. The van der Waals surface area contributed by atoms with Crippen molar-refractivity contribution in [2.24, 2.45) is 0 Å². The topological polar surface area (TPSA) is 0 Å². The van der Waals surface area contributed by atoms with Gasteiger partial charge >= 0.3 is 0 Å². The van der Waals surface area contributed by atoms with Crippen LogP contribution in [0.15, 0.2) is 132 Å². The van der Waals surface area contributed by atoms with Crippen molar-refractivity contribution in [1.82, 2.24) is 0 Å². The van der Waals surface area contributed by atoms with Crippen LogP contribution in [0, 0.1) is 0 Å². The maximum absolute atomic E-state index is 4.04. The van der Waals surface area contributed by atoms with E-state index >= 15 is 0 Å². The second kappa shape index (κ2) is 10.2. The molecule has 34 heavy (non-hydrogen) atoms. The van der Waals surface area contributed by atoms with E-state index in [1.807, 2.05) is 0 Å². The summed E-state index contributed by atoms with van der Waals surface area (Å²) in [6, 6.07) is 45.4. The Morgan fingerprint density at radius 1 is 0.382 bits per heavy atom. The highest BCUT2D eigenvalue weighted by Crippen LogP contribution is 2.33. The minimum absolute atomic E-state index is 1.08. The molecule has 0 nitrogen and oxygen atoms in total. The summed E-state index contributed by atoms with van der Waals surface area (Å²) in [5.74, 6) is 0. The molecule has 0 saturated heterocycles. The van der Waals surface area contributed by atoms with Gasteiger partial charge in [0.05, 0.1) is 0 Å². The summed E-state index contributed by atoms with van der Waals surface area (Å²) < 4.78 is 1.08. The maximum atomic E-state index is 4.04. The second-order valence-corrected chi connectivity index (χ2v) is 21.7. The lowest BCUT2D eigenvalue weighted by Crippen LogP contribution is -2.47. The fourth-order valence-corrected chi connectivity index (χ4v) is 9.29. The molecule has 0 spiro atoms. The van der Waals surface area contributed by atoms with Crippen LogP contribution < -0.4 is 10.4 Å². The van der Waals surface area contributed by atoms with Crippen LogP contribution in [-0.2, 0) is 0 Å². The highest BCUT2D eigenvalue weighted by molar-refractivity contribution is 9.52. The van der Waals surface area contributed by atoms with Gasteiger partial charge in [0.25, 0.3) is 5.31 Å². The first-order valence-electron chi connectivity index (χ1n) is 11.0. The Kier molecular flexibility index (Phi) is 7.03. The molecule has 0 radical (unpaired) electrons. The number of hydrogen-bond acceptors (Lipinski definition) is 0. The van der Waals surface area contributed by atoms with Crippen LogP contribution in [0.2, 0.25) is 0 Å². The molecule has 0 atom stereocenters. The van der Waals surface area contributed by atoms with E-state index < -0.39 is 5.31 Å². The van der Waals surface area contributed by atoms with Gasteiger partial charge in [0.15, 0.2) is 0 Å². The summed E-state index contributed by atoms with van der Waals surface area (Å²) in [7, 11) is 0. The van der Waals surface area contributed by atoms with E-state index in [0.717, 1.165) is 4.47 Å². The molecule has 0 aromatic heterocycles. The Balaban J connectivity index is 1.53. The lowest BCUT2D eigenvalue weighted by molar-refractivity contribution is 1.56. The van der Waals surface area contributed by atoms with Crippen LogP contribution in [0.25, 0.3) is 33.4 Å². The normalized spacial score (nSPS) is 11.4. The van der Waals surface area contributed by atoms with Crippen LogP contribution in [0.3, 0.4) is 0 Å². The van der Waals surface area contributed by atoms with E-state index in [0.29, 0.717) is 0 Å². The van der Waals surface area contributed by atoms with Crippen molar-refractivity contribution >= 4 is 62.2 Å². The van der Waals surface area contributed by atoms with Crippen molar-refractivity contribution in [2.45, 2.75) is 0 Å². The highest BCUT2D eigenvalue weighted by Gasteiger charge is 2.31. The summed E-state index contributed by atoms with van der Waals surface area (Å²) in [5, 5.41) is 0.451. The van der Waals surface area contributed by atoms with Gasteiger partial charge in [-0.2, -0.15) is 0 Å². The molecule has 5 aromatic rings. The van der Waals surface area contributed by atoms with E-state index in [4.69, 9.17) is 0 Å². The summed E-state index contributed by atoms with van der Waals surface area (Å²) >= 11 is 11.8. The zero-order chi connectivity index (χ0) is 23.5. The summed E-state index contributed by atoms with van der Waals surface area (Å²) in [4.78, 5) is 0. The monoisotopic (exact) mass is 646 g/mol. The van der Waals surface area contributed by atoms with Crippen molar-refractivity contribution in [2.75, 3.05) is 0 Å². The quantitative estimate of drug-likeness (QED) is 0.132. The molecule has 166 valence electrons. The van der Waals surface area contributed by atoms with Gasteiger partial charge in [-0.15, -0.1) is 0 Å². The number of halogens is 3. The van der Waals surface area contributed by atoms with E-state index in [9.17, 15) is 0 Å². The third kappa shape index (κ3) is 5.06. The Morgan fingerprint density at radius 2 is 0.824 bits per heavy atom. The average Bonchev–Trinajstić information content (AvgIpc) is 2.89. The Labute approximate surface area is 226 Å². The minimum Gasteiger partial charge on any atom is -0.0987 e. The molecule has 5 rings (SSSR count). The molecule has 0 fully saturated rings. The third-order valence-corrected chi connectivity index (χ3v) is 13.9. The SMILES string of the molecule is Brc1cc(-c2ccccc2)cc(-c2cccc(-c3cccc([Si](Br)(Br)c4ccccc4)c3)c2)c1. The number of hydrogen-bond donors (Lipinski definition) is 0. The Hall–Kier alpha value is -2.24. The number of rotatable bonds is 5. The minimum atomic E-state index is -2.13. The van der Waals surface area contributed by atoms with E-state index in [1.54, 1.807) is 0 Å². The van der Waals surface area contributed by atoms with Gasteiger partial charge in [-0.05, 0) is 68.0 Å². The summed E-state index contributed by atoms with van der Waals surface area (Å²) in [6.07, 6.45) is 0. The Bertz CT molecular complexity index is 1430. The fraction of sp³-hybridized carbons (Fsp3) is 0. The van der Waals surface area contributed by atoms with Gasteiger partial charge in [0.1, 0.15) is 0 Å². The predicted molar refractivity (Wildman–Crippen MR) is 160 cm³/mol.